The van der Waals surface area contributed by atoms with Crippen LogP contribution < -0.4 is 9.47 Å². The number of aryl methyl sites for hydroxylation is 2. The summed E-state index contributed by atoms with van der Waals surface area (Å²) < 4.78 is 15.7. The number of aromatic nitrogens is 1. The van der Waals surface area contributed by atoms with Gasteiger partial charge in [-0.15, -0.1) is 0 Å². The second kappa shape index (κ2) is 10.1. The third kappa shape index (κ3) is 5.60. The SMILES string of the molecule is CCN(Cc1ccc(OC)c(OC)c1)C(=O)COC(=O)c1c(C)cc(C)nc1Cl. The lowest BCUT2D eigenvalue weighted by Crippen LogP contribution is -2.34. The first kappa shape index (κ1) is 22.5. The summed E-state index contributed by atoms with van der Waals surface area (Å²) in [5.41, 5.74) is 2.39. The van der Waals surface area contributed by atoms with Crippen LogP contribution in [0.15, 0.2) is 24.3 Å². The Kier molecular flexibility index (Phi) is 7.84. The molecule has 0 unspecified atom stereocenters. The average molecular weight is 421 g/mol. The first-order valence-corrected chi connectivity index (χ1v) is 9.48. The number of halogens is 1. The normalized spacial score (nSPS) is 10.4. The lowest BCUT2D eigenvalue weighted by molar-refractivity contribution is -0.134. The van der Waals surface area contributed by atoms with Crippen LogP contribution in [0.4, 0.5) is 0 Å². The molecule has 0 aliphatic rings. The van der Waals surface area contributed by atoms with Crippen LogP contribution in [-0.2, 0) is 16.1 Å². The van der Waals surface area contributed by atoms with E-state index < -0.39 is 5.97 Å². The van der Waals surface area contributed by atoms with Gasteiger partial charge in [-0.3, -0.25) is 4.79 Å². The van der Waals surface area contributed by atoms with Gasteiger partial charge in [0.15, 0.2) is 18.1 Å². The molecule has 0 aliphatic carbocycles. The van der Waals surface area contributed by atoms with E-state index in [2.05, 4.69) is 4.98 Å². The summed E-state index contributed by atoms with van der Waals surface area (Å²) in [5.74, 6) is 0.204. The number of benzene rings is 1. The third-order valence-corrected chi connectivity index (χ3v) is 4.66. The van der Waals surface area contributed by atoms with Crippen LogP contribution in [0.5, 0.6) is 11.5 Å². The van der Waals surface area contributed by atoms with Crippen LogP contribution in [0.1, 0.15) is 34.1 Å². The van der Waals surface area contributed by atoms with Crippen LogP contribution in [0.25, 0.3) is 0 Å². The van der Waals surface area contributed by atoms with Gasteiger partial charge in [-0.2, -0.15) is 0 Å². The number of methoxy groups -OCH3 is 2. The van der Waals surface area contributed by atoms with Crippen LogP contribution >= 0.6 is 11.6 Å². The summed E-state index contributed by atoms with van der Waals surface area (Å²) in [4.78, 5) is 30.6. The van der Waals surface area contributed by atoms with Gasteiger partial charge in [0, 0.05) is 18.8 Å². The molecule has 1 heterocycles. The fraction of sp³-hybridized carbons (Fsp3) is 0.381. The van der Waals surface area contributed by atoms with Gasteiger partial charge in [0.1, 0.15) is 5.15 Å². The van der Waals surface area contributed by atoms with Crippen molar-refractivity contribution >= 4 is 23.5 Å². The number of esters is 1. The van der Waals surface area contributed by atoms with E-state index in [0.717, 1.165) is 5.56 Å². The van der Waals surface area contributed by atoms with E-state index in [4.69, 9.17) is 25.8 Å². The van der Waals surface area contributed by atoms with Gasteiger partial charge in [-0.25, -0.2) is 9.78 Å². The minimum absolute atomic E-state index is 0.0672. The maximum Gasteiger partial charge on any atom is 0.342 e. The number of hydrogen-bond acceptors (Lipinski definition) is 6. The number of rotatable bonds is 8. The Balaban J connectivity index is 2.04. The number of carbonyl (C=O) groups is 2. The molecule has 1 aromatic carbocycles. The molecule has 7 nitrogen and oxygen atoms in total. The second-order valence-electron chi connectivity index (χ2n) is 6.42. The number of ether oxygens (including phenoxy) is 3. The van der Waals surface area contributed by atoms with Crippen molar-refractivity contribution in [1.29, 1.82) is 0 Å². The molecule has 156 valence electrons. The van der Waals surface area contributed by atoms with E-state index in [1.807, 2.05) is 19.1 Å². The molecule has 2 aromatic rings. The van der Waals surface area contributed by atoms with Gasteiger partial charge >= 0.3 is 5.97 Å². The fourth-order valence-corrected chi connectivity index (χ4v) is 3.26. The zero-order valence-corrected chi connectivity index (χ0v) is 18.0. The molecule has 0 bridgehead atoms. The van der Waals surface area contributed by atoms with Crippen LogP contribution in [-0.4, -0.2) is 49.1 Å². The minimum Gasteiger partial charge on any atom is -0.493 e. The molecule has 0 atom stereocenters. The molecule has 0 spiro atoms. The smallest absolute Gasteiger partial charge is 0.342 e. The van der Waals surface area contributed by atoms with Gasteiger partial charge in [0.25, 0.3) is 5.91 Å². The number of hydrogen-bond donors (Lipinski definition) is 0. The first-order chi connectivity index (χ1) is 13.8. The second-order valence-corrected chi connectivity index (χ2v) is 6.78. The summed E-state index contributed by atoms with van der Waals surface area (Å²) in [6.07, 6.45) is 0. The minimum atomic E-state index is -0.671. The van der Waals surface area contributed by atoms with Gasteiger partial charge in [-0.1, -0.05) is 17.7 Å². The van der Waals surface area contributed by atoms with E-state index in [1.54, 1.807) is 45.1 Å². The van der Waals surface area contributed by atoms with Crippen molar-refractivity contribution in [2.45, 2.75) is 27.3 Å². The quantitative estimate of drug-likeness (QED) is 0.480. The molecule has 8 heteroatoms. The molecular formula is C21H25ClN2O5. The van der Waals surface area contributed by atoms with Crippen LogP contribution in [0.2, 0.25) is 5.15 Å². The predicted octanol–water partition coefficient (Wildman–Crippen LogP) is 3.57. The molecule has 0 N–H and O–H groups in total. The number of carbonyl (C=O) groups excluding carboxylic acids is 2. The summed E-state index contributed by atoms with van der Waals surface area (Å²) in [6, 6.07) is 7.17. The van der Waals surface area contributed by atoms with Gasteiger partial charge < -0.3 is 19.1 Å². The van der Waals surface area contributed by atoms with Crippen molar-refractivity contribution < 1.29 is 23.8 Å². The van der Waals surface area contributed by atoms with Gasteiger partial charge in [-0.05, 0) is 50.1 Å². The Morgan fingerprint density at radius 3 is 2.38 bits per heavy atom. The highest BCUT2D eigenvalue weighted by molar-refractivity contribution is 6.32. The Bertz CT molecular complexity index is 878. The van der Waals surface area contributed by atoms with Crippen LogP contribution in [0.3, 0.4) is 0 Å². The number of likely N-dealkylation sites (N-methyl/N-ethyl adjacent to an activating group) is 1. The number of amides is 1. The van der Waals surface area contributed by atoms with Gasteiger partial charge in [0.05, 0.1) is 19.8 Å². The van der Waals surface area contributed by atoms with Crippen molar-refractivity contribution in [3.8, 4) is 11.5 Å². The Labute approximate surface area is 175 Å². The van der Waals surface area contributed by atoms with Crippen molar-refractivity contribution in [2.75, 3.05) is 27.4 Å². The maximum absolute atomic E-state index is 12.6. The average Bonchev–Trinajstić information content (AvgIpc) is 2.69. The van der Waals surface area contributed by atoms with Crippen LogP contribution in [0, 0.1) is 13.8 Å². The molecule has 1 aromatic heterocycles. The van der Waals surface area contributed by atoms with E-state index in [1.165, 1.54) is 0 Å². The van der Waals surface area contributed by atoms with Crippen molar-refractivity contribution in [3.05, 3.63) is 51.8 Å². The molecule has 1 amide bonds. The number of nitrogens with zero attached hydrogens (tertiary/aromatic N) is 2. The molecule has 2 rings (SSSR count). The third-order valence-electron chi connectivity index (χ3n) is 4.39. The van der Waals surface area contributed by atoms with E-state index in [0.29, 0.717) is 35.8 Å². The zero-order chi connectivity index (χ0) is 21.6. The highest BCUT2D eigenvalue weighted by atomic mass is 35.5. The van der Waals surface area contributed by atoms with E-state index in [9.17, 15) is 9.59 Å². The Morgan fingerprint density at radius 2 is 1.79 bits per heavy atom. The highest BCUT2D eigenvalue weighted by Crippen LogP contribution is 2.28. The molecular weight excluding hydrogens is 396 g/mol. The summed E-state index contributed by atoms with van der Waals surface area (Å²) >= 11 is 6.07. The largest absolute Gasteiger partial charge is 0.493 e. The molecule has 29 heavy (non-hydrogen) atoms. The fourth-order valence-electron chi connectivity index (χ4n) is 2.90. The lowest BCUT2D eigenvalue weighted by atomic mass is 10.1. The van der Waals surface area contributed by atoms with E-state index in [-0.39, 0.29) is 23.2 Å². The molecule has 0 fully saturated rings. The monoisotopic (exact) mass is 420 g/mol. The van der Waals surface area contributed by atoms with Crippen molar-refractivity contribution in [2.24, 2.45) is 0 Å². The molecule has 0 radical (unpaired) electrons. The predicted molar refractivity (Wildman–Crippen MR) is 110 cm³/mol. The summed E-state index contributed by atoms with van der Waals surface area (Å²) in [6.45, 7) is 5.80. The Hall–Kier alpha value is -2.80. The Morgan fingerprint density at radius 1 is 1.10 bits per heavy atom. The molecule has 0 aliphatic heterocycles. The number of pyridine rings is 1. The van der Waals surface area contributed by atoms with E-state index >= 15 is 0 Å². The zero-order valence-electron chi connectivity index (χ0n) is 17.2. The molecule has 0 saturated heterocycles. The molecule has 0 saturated carbocycles. The standard InChI is InChI=1S/C21H25ClN2O5/c1-6-24(11-15-7-8-16(27-4)17(10-15)28-5)18(25)12-29-21(26)19-13(2)9-14(3)23-20(19)22/h7-10H,6,11-12H2,1-5H3. The highest BCUT2D eigenvalue weighted by Gasteiger charge is 2.20. The lowest BCUT2D eigenvalue weighted by Gasteiger charge is -2.21. The van der Waals surface area contributed by atoms with Gasteiger partial charge in [0.2, 0.25) is 0 Å². The summed E-state index contributed by atoms with van der Waals surface area (Å²) in [7, 11) is 3.11. The van der Waals surface area contributed by atoms with Crippen molar-refractivity contribution in [3.63, 3.8) is 0 Å². The first-order valence-electron chi connectivity index (χ1n) is 9.10. The topological polar surface area (TPSA) is 78.0 Å². The summed E-state index contributed by atoms with van der Waals surface area (Å²) in [5, 5.41) is 0.0672. The van der Waals surface area contributed by atoms with Crippen molar-refractivity contribution in [1.82, 2.24) is 9.88 Å². The maximum atomic E-state index is 12.6.